The first kappa shape index (κ1) is 23.3. The van der Waals surface area contributed by atoms with Crippen molar-refractivity contribution in [1.29, 1.82) is 0 Å². The lowest BCUT2D eigenvalue weighted by atomic mass is 9.82. The zero-order valence-corrected chi connectivity index (χ0v) is 18.4. The lowest BCUT2D eigenvalue weighted by molar-refractivity contribution is 0.534. The highest BCUT2D eigenvalue weighted by atomic mass is 14.2. The molecule has 0 aromatic heterocycles. The Kier molecular flexibility index (Phi) is 12.8. The van der Waals surface area contributed by atoms with Gasteiger partial charge >= 0.3 is 0 Å². The molecule has 0 saturated heterocycles. The Morgan fingerprint density at radius 2 is 1.00 bits per heavy atom. The predicted octanol–water partition coefficient (Wildman–Crippen LogP) is 9.01. The topological polar surface area (TPSA) is 0 Å². The minimum absolute atomic E-state index is 0.270. The van der Waals surface area contributed by atoms with Gasteiger partial charge in [0.2, 0.25) is 0 Å². The Hall–Kier alpha value is -0.780. The van der Waals surface area contributed by atoms with Crippen LogP contribution in [-0.4, -0.2) is 0 Å². The molecule has 26 heavy (non-hydrogen) atoms. The molecule has 1 aromatic carbocycles. The highest BCUT2D eigenvalue weighted by Gasteiger charge is 2.16. The zero-order valence-electron chi connectivity index (χ0n) is 18.4. The molecule has 1 rings (SSSR count). The fourth-order valence-electron chi connectivity index (χ4n) is 3.98. The fraction of sp³-hybridized carbons (Fsp3) is 0.769. The maximum absolute atomic E-state index is 2.34. The molecule has 0 N–H and O–H groups in total. The summed E-state index contributed by atoms with van der Waals surface area (Å²) in [4.78, 5) is 0. The molecule has 0 atom stereocenters. The third kappa shape index (κ3) is 11.0. The van der Waals surface area contributed by atoms with Crippen molar-refractivity contribution < 1.29 is 0 Å². The van der Waals surface area contributed by atoms with Gasteiger partial charge in [0.1, 0.15) is 0 Å². The van der Waals surface area contributed by atoms with E-state index >= 15 is 0 Å². The summed E-state index contributed by atoms with van der Waals surface area (Å²) in [5.41, 5.74) is 3.38. The summed E-state index contributed by atoms with van der Waals surface area (Å²) in [7, 11) is 0. The number of aryl methyl sites for hydroxylation is 1. The van der Waals surface area contributed by atoms with Gasteiger partial charge in [-0.3, -0.25) is 0 Å². The first-order valence-electron chi connectivity index (χ1n) is 11.6. The van der Waals surface area contributed by atoms with E-state index in [1.165, 1.54) is 102 Å². The van der Waals surface area contributed by atoms with Crippen LogP contribution in [0.2, 0.25) is 0 Å². The minimum atomic E-state index is 0.270. The molecule has 0 radical (unpaired) electrons. The van der Waals surface area contributed by atoms with E-state index in [0.717, 1.165) is 0 Å². The van der Waals surface area contributed by atoms with Crippen molar-refractivity contribution >= 4 is 0 Å². The molecule has 0 heteroatoms. The van der Waals surface area contributed by atoms with E-state index < -0.39 is 0 Å². The Morgan fingerprint density at radius 1 is 0.577 bits per heavy atom. The molecule has 1 aromatic rings. The molecular weight excluding hydrogens is 312 g/mol. The molecule has 0 aliphatic rings. The molecule has 0 heterocycles. The number of benzene rings is 1. The van der Waals surface area contributed by atoms with Crippen molar-refractivity contribution in [3.05, 3.63) is 35.4 Å². The molecule has 0 fully saturated rings. The van der Waals surface area contributed by atoms with Crippen LogP contribution in [-0.2, 0) is 11.8 Å². The van der Waals surface area contributed by atoms with Crippen LogP contribution in [0.4, 0.5) is 0 Å². The van der Waals surface area contributed by atoms with Crippen molar-refractivity contribution in [2.75, 3.05) is 0 Å². The third-order valence-electron chi connectivity index (χ3n) is 5.63. The SMILES string of the molecule is CCCCCCCCCCCCCCCCc1ccccc1C(C)(C)C. The van der Waals surface area contributed by atoms with E-state index in [0.29, 0.717) is 0 Å². The molecule has 150 valence electrons. The predicted molar refractivity (Wildman–Crippen MR) is 119 cm³/mol. The van der Waals surface area contributed by atoms with E-state index in [1.54, 1.807) is 5.56 Å². The molecule has 0 saturated carbocycles. The first-order chi connectivity index (χ1) is 12.6. The van der Waals surface area contributed by atoms with Crippen LogP contribution in [0.5, 0.6) is 0 Å². The van der Waals surface area contributed by atoms with Crippen LogP contribution in [0.15, 0.2) is 24.3 Å². The quantitative estimate of drug-likeness (QED) is 0.274. The maximum Gasteiger partial charge on any atom is -0.0129 e. The smallest absolute Gasteiger partial charge is 0.0129 e. The summed E-state index contributed by atoms with van der Waals surface area (Å²) in [6.07, 6.45) is 21.4. The average molecular weight is 359 g/mol. The number of hydrogen-bond acceptors (Lipinski definition) is 0. The van der Waals surface area contributed by atoms with Crippen LogP contribution in [0.25, 0.3) is 0 Å². The minimum Gasteiger partial charge on any atom is -0.0654 e. The van der Waals surface area contributed by atoms with Gasteiger partial charge in [-0.2, -0.15) is 0 Å². The van der Waals surface area contributed by atoms with Crippen LogP contribution in [0, 0.1) is 0 Å². The molecule has 0 aliphatic heterocycles. The Morgan fingerprint density at radius 3 is 1.46 bits per heavy atom. The third-order valence-corrected chi connectivity index (χ3v) is 5.63. The van der Waals surface area contributed by atoms with E-state index in [2.05, 4.69) is 52.0 Å². The largest absolute Gasteiger partial charge is 0.0654 e. The summed E-state index contributed by atoms with van der Waals surface area (Å²) in [5, 5.41) is 0. The molecule has 0 amide bonds. The highest BCUT2D eigenvalue weighted by molar-refractivity contribution is 5.32. The Balaban J connectivity index is 1.96. The summed E-state index contributed by atoms with van der Waals surface area (Å²) in [5.74, 6) is 0. The van der Waals surface area contributed by atoms with Crippen LogP contribution in [0.3, 0.4) is 0 Å². The van der Waals surface area contributed by atoms with Crippen molar-refractivity contribution in [2.24, 2.45) is 0 Å². The highest BCUT2D eigenvalue weighted by Crippen LogP contribution is 2.27. The van der Waals surface area contributed by atoms with Crippen LogP contribution < -0.4 is 0 Å². The van der Waals surface area contributed by atoms with Gasteiger partial charge in [-0.05, 0) is 29.4 Å². The average Bonchev–Trinajstić information content (AvgIpc) is 2.61. The van der Waals surface area contributed by atoms with Gasteiger partial charge in [0.05, 0.1) is 0 Å². The number of rotatable bonds is 15. The monoisotopic (exact) mass is 358 g/mol. The molecular formula is C26H46. The maximum atomic E-state index is 2.34. The van der Waals surface area contributed by atoms with Gasteiger partial charge in [-0.15, -0.1) is 0 Å². The summed E-state index contributed by atoms with van der Waals surface area (Å²) in [6.45, 7) is 9.29. The number of unbranched alkanes of at least 4 members (excludes halogenated alkanes) is 13. The molecule has 0 nitrogen and oxygen atoms in total. The molecule has 0 spiro atoms. The summed E-state index contributed by atoms with van der Waals surface area (Å²) >= 11 is 0. The van der Waals surface area contributed by atoms with Crippen molar-refractivity contribution in [2.45, 2.75) is 129 Å². The summed E-state index contributed by atoms with van der Waals surface area (Å²) in [6, 6.07) is 9.05. The Labute approximate surface area is 165 Å². The molecule has 0 bridgehead atoms. The van der Waals surface area contributed by atoms with E-state index in [9.17, 15) is 0 Å². The lowest BCUT2D eigenvalue weighted by Crippen LogP contribution is -2.14. The fourth-order valence-corrected chi connectivity index (χ4v) is 3.98. The van der Waals surface area contributed by atoms with E-state index in [1.807, 2.05) is 0 Å². The zero-order chi connectivity index (χ0) is 19.1. The second-order valence-corrected chi connectivity index (χ2v) is 9.25. The van der Waals surface area contributed by atoms with Gasteiger partial charge in [-0.1, -0.05) is 135 Å². The first-order valence-corrected chi connectivity index (χ1v) is 11.6. The second kappa shape index (κ2) is 14.3. The summed E-state index contributed by atoms with van der Waals surface area (Å²) < 4.78 is 0. The molecule has 0 aliphatic carbocycles. The second-order valence-electron chi connectivity index (χ2n) is 9.25. The van der Waals surface area contributed by atoms with Gasteiger partial charge in [-0.25, -0.2) is 0 Å². The van der Waals surface area contributed by atoms with Gasteiger partial charge < -0.3 is 0 Å². The standard InChI is InChI=1S/C26H46/c1-5-6-7-8-9-10-11-12-13-14-15-16-17-18-21-24-22-19-20-23-25(24)26(2,3)4/h19-20,22-23H,5-18,21H2,1-4H3. The van der Waals surface area contributed by atoms with E-state index in [4.69, 9.17) is 0 Å². The van der Waals surface area contributed by atoms with Crippen molar-refractivity contribution in [1.82, 2.24) is 0 Å². The van der Waals surface area contributed by atoms with Gasteiger partial charge in [0.25, 0.3) is 0 Å². The normalized spacial score (nSPS) is 11.8. The molecule has 0 unspecified atom stereocenters. The van der Waals surface area contributed by atoms with Crippen LogP contribution >= 0.6 is 0 Å². The number of hydrogen-bond donors (Lipinski definition) is 0. The lowest BCUT2D eigenvalue weighted by Gasteiger charge is -2.22. The van der Waals surface area contributed by atoms with Crippen molar-refractivity contribution in [3.8, 4) is 0 Å². The van der Waals surface area contributed by atoms with Gasteiger partial charge in [0, 0.05) is 0 Å². The van der Waals surface area contributed by atoms with Crippen molar-refractivity contribution in [3.63, 3.8) is 0 Å². The van der Waals surface area contributed by atoms with E-state index in [-0.39, 0.29) is 5.41 Å². The van der Waals surface area contributed by atoms with Crippen LogP contribution in [0.1, 0.15) is 129 Å². The Bertz CT molecular complexity index is 438. The van der Waals surface area contributed by atoms with Gasteiger partial charge in [0.15, 0.2) is 0 Å².